The fourth-order valence-electron chi connectivity index (χ4n) is 3.64. The van der Waals surface area contributed by atoms with E-state index < -0.39 is 0 Å². The van der Waals surface area contributed by atoms with E-state index in [2.05, 4.69) is 5.32 Å². The number of halogens is 1. The first-order valence-electron chi connectivity index (χ1n) is 7.38. The largest absolute Gasteiger partial charge is 0.340 e. The van der Waals surface area contributed by atoms with Crippen LogP contribution in [-0.4, -0.2) is 30.4 Å². The molecule has 1 aliphatic heterocycles. The van der Waals surface area contributed by atoms with Gasteiger partial charge >= 0.3 is 0 Å². The maximum absolute atomic E-state index is 12.6. The van der Waals surface area contributed by atoms with E-state index >= 15 is 0 Å². The molecule has 0 aromatic heterocycles. The molecule has 1 aromatic carbocycles. The van der Waals surface area contributed by atoms with Gasteiger partial charge in [-0.05, 0) is 48.9 Å². The van der Waals surface area contributed by atoms with Crippen molar-refractivity contribution < 1.29 is 4.79 Å². The summed E-state index contributed by atoms with van der Waals surface area (Å²) >= 11 is 5.88. The number of rotatable bonds is 3. The smallest absolute Gasteiger partial charge is 0.240 e. The van der Waals surface area contributed by atoms with Crippen LogP contribution in [0, 0.1) is 11.8 Å². The zero-order valence-electron chi connectivity index (χ0n) is 11.8. The third-order valence-corrected chi connectivity index (χ3v) is 4.97. The van der Waals surface area contributed by atoms with Gasteiger partial charge in [0.05, 0.1) is 6.04 Å². The molecule has 1 saturated heterocycles. The third kappa shape index (κ3) is 2.70. The first-order valence-corrected chi connectivity index (χ1v) is 7.76. The molecular weight excluding hydrogens is 272 g/mol. The van der Waals surface area contributed by atoms with Crippen molar-refractivity contribution in [2.75, 3.05) is 13.6 Å². The number of carbonyl (C=O) groups excluding carboxylic acids is 1. The number of benzene rings is 1. The molecule has 0 bridgehead atoms. The number of likely N-dealkylation sites (N-methyl/N-ethyl adjacent to an activating group) is 1. The molecular formula is C16H21ClN2O. The van der Waals surface area contributed by atoms with E-state index in [4.69, 9.17) is 11.6 Å². The summed E-state index contributed by atoms with van der Waals surface area (Å²) in [5, 5.41) is 4.15. The lowest BCUT2D eigenvalue weighted by atomic mass is 9.93. The first kappa shape index (κ1) is 13.9. The Labute approximate surface area is 125 Å². The summed E-state index contributed by atoms with van der Waals surface area (Å²) in [5.41, 5.74) is 1.12. The highest BCUT2D eigenvalue weighted by molar-refractivity contribution is 6.30. The van der Waals surface area contributed by atoms with Gasteiger partial charge in [0.25, 0.3) is 0 Å². The molecule has 1 saturated carbocycles. The molecule has 0 radical (unpaired) electrons. The molecule has 1 amide bonds. The van der Waals surface area contributed by atoms with Crippen molar-refractivity contribution in [1.29, 1.82) is 0 Å². The Morgan fingerprint density at radius 3 is 2.85 bits per heavy atom. The van der Waals surface area contributed by atoms with Crippen LogP contribution in [0.4, 0.5) is 0 Å². The van der Waals surface area contributed by atoms with Gasteiger partial charge in [-0.1, -0.05) is 30.2 Å². The Morgan fingerprint density at radius 2 is 2.10 bits per heavy atom. The van der Waals surface area contributed by atoms with E-state index in [0.29, 0.717) is 18.4 Å². The van der Waals surface area contributed by atoms with Crippen molar-refractivity contribution in [2.45, 2.75) is 31.8 Å². The summed E-state index contributed by atoms with van der Waals surface area (Å²) in [4.78, 5) is 14.4. The molecule has 2 fully saturated rings. The monoisotopic (exact) mass is 292 g/mol. The molecule has 1 heterocycles. The van der Waals surface area contributed by atoms with Gasteiger partial charge in [0.15, 0.2) is 0 Å². The van der Waals surface area contributed by atoms with Gasteiger partial charge in [0.2, 0.25) is 5.91 Å². The molecule has 0 spiro atoms. The molecule has 1 N–H and O–H groups in total. The van der Waals surface area contributed by atoms with Crippen LogP contribution in [0.1, 0.15) is 24.8 Å². The van der Waals surface area contributed by atoms with Crippen molar-refractivity contribution in [2.24, 2.45) is 11.8 Å². The van der Waals surface area contributed by atoms with Gasteiger partial charge < -0.3 is 10.2 Å². The average molecular weight is 293 g/mol. The van der Waals surface area contributed by atoms with Crippen LogP contribution in [0.15, 0.2) is 24.3 Å². The van der Waals surface area contributed by atoms with E-state index in [1.807, 2.05) is 36.2 Å². The van der Waals surface area contributed by atoms with Crippen molar-refractivity contribution in [3.8, 4) is 0 Å². The average Bonchev–Trinajstić information content (AvgIpc) is 3.03. The van der Waals surface area contributed by atoms with Crippen LogP contribution in [0.5, 0.6) is 0 Å². The summed E-state index contributed by atoms with van der Waals surface area (Å²) in [7, 11) is 1.89. The summed E-state index contributed by atoms with van der Waals surface area (Å²) in [6.45, 7) is 1.65. The van der Waals surface area contributed by atoms with Gasteiger partial charge in [0, 0.05) is 18.6 Å². The van der Waals surface area contributed by atoms with Gasteiger partial charge in [0.1, 0.15) is 0 Å². The zero-order chi connectivity index (χ0) is 14.1. The minimum Gasteiger partial charge on any atom is -0.340 e. The summed E-state index contributed by atoms with van der Waals surface area (Å²) < 4.78 is 0. The topological polar surface area (TPSA) is 32.3 Å². The maximum Gasteiger partial charge on any atom is 0.240 e. The van der Waals surface area contributed by atoms with Gasteiger partial charge in [-0.15, -0.1) is 0 Å². The van der Waals surface area contributed by atoms with Gasteiger partial charge in [-0.25, -0.2) is 0 Å². The number of nitrogens with one attached hydrogen (secondary N) is 1. The zero-order valence-corrected chi connectivity index (χ0v) is 12.6. The fourth-order valence-corrected chi connectivity index (χ4v) is 3.76. The van der Waals surface area contributed by atoms with Crippen LogP contribution in [-0.2, 0) is 11.3 Å². The third-order valence-electron chi connectivity index (χ3n) is 4.72. The Balaban J connectivity index is 1.63. The van der Waals surface area contributed by atoms with Crippen LogP contribution in [0.3, 0.4) is 0 Å². The highest BCUT2D eigenvalue weighted by atomic mass is 35.5. The number of carbonyl (C=O) groups is 1. The van der Waals surface area contributed by atoms with E-state index in [1.54, 1.807) is 0 Å². The number of amides is 1. The van der Waals surface area contributed by atoms with Crippen molar-refractivity contribution in [3.05, 3.63) is 34.9 Å². The van der Waals surface area contributed by atoms with E-state index in [-0.39, 0.29) is 11.9 Å². The normalized spacial score (nSPS) is 28.4. The Hall–Kier alpha value is -1.06. The van der Waals surface area contributed by atoms with Gasteiger partial charge in [-0.3, -0.25) is 4.79 Å². The van der Waals surface area contributed by atoms with E-state index in [0.717, 1.165) is 17.1 Å². The first-order chi connectivity index (χ1) is 9.65. The lowest BCUT2D eigenvalue weighted by Crippen LogP contribution is -2.44. The van der Waals surface area contributed by atoms with Crippen LogP contribution >= 0.6 is 11.6 Å². The predicted molar refractivity (Wildman–Crippen MR) is 80.5 cm³/mol. The number of nitrogens with zero attached hydrogens (tertiary/aromatic N) is 1. The predicted octanol–water partition coefficient (Wildman–Crippen LogP) is 2.69. The van der Waals surface area contributed by atoms with Crippen molar-refractivity contribution in [3.63, 3.8) is 0 Å². The fraction of sp³-hybridized carbons (Fsp3) is 0.562. The second kappa shape index (κ2) is 5.74. The minimum atomic E-state index is 0.0276. The number of fused-ring (bicyclic) bond motifs is 1. The summed E-state index contributed by atoms with van der Waals surface area (Å²) in [6, 6.07) is 7.73. The Kier molecular flexibility index (Phi) is 3.99. The highest BCUT2D eigenvalue weighted by Gasteiger charge is 2.43. The molecule has 20 heavy (non-hydrogen) atoms. The molecule has 2 aliphatic rings. The van der Waals surface area contributed by atoms with Crippen molar-refractivity contribution >= 4 is 17.5 Å². The summed E-state index contributed by atoms with van der Waals surface area (Å²) in [6.07, 6.45) is 3.76. The molecule has 3 nitrogen and oxygen atoms in total. The molecule has 3 atom stereocenters. The minimum absolute atomic E-state index is 0.0276. The van der Waals surface area contributed by atoms with E-state index in [9.17, 15) is 4.79 Å². The van der Waals surface area contributed by atoms with Crippen LogP contribution in [0.2, 0.25) is 5.02 Å². The molecule has 1 aromatic rings. The van der Waals surface area contributed by atoms with Crippen LogP contribution in [0.25, 0.3) is 0 Å². The maximum atomic E-state index is 12.6. The van der Waals surface area contributed by atoms with Gasteiger partial charge in [-0.2, -0.15) is 0 Å². The SMILES string of the molecule is CN(Cc1ccc(Cl)cc1)C(=O)C1NCC2CCCC21. The second-order valence-corrected chi connectivity index (χ2v) is 6.50. The molecule has 108 valence electrons. The van der Waals surface area contributed by atoms with Crippen LogP contribution < -0.4 is 5.32 Å². The lowest BCUT2D eigenvalue weighted by molar-refractivity contribution is -0.133. The summed E-state index contributed by atoms with van der Waals surface area (Å²) in [5.74, 6) is 1.50. The standard InChI is InChI=1S/C16H21ClN2O/c1-19(10-11-5-7-13(17)8-6-11)16(20)15-14-4-2-3-12(14)9-18-15/h5-8,12,14-15,18H,2-4,9-10H2,1H3. The van der Waals surface area contributed by atoms with E-state index in [1.165, 1.54) is 19.3 Å². The molecule has 4 heteroatoms. The highest BCUT2D eigenvalue weighted by Crippen LogP contribution is 2.38. The molecule has 1 aliphatic carbocycles. The molecule has 3 rings (SSSR count). The Bertz CT molecular complexity index is 488. The molecule has 3 unspecified atom stereocenters. The Morgan fingerprint density at radius 1 is 1.35 bits per heavy atom. The number of hydrogen-bond donors (Lipinski definition) is 1. The number of hydrogen-bond acceptors (Lipinski definition) is 2. The quantitative estimate of drug-likeness (QED) is 0.929. The second-order valence-electron chi connectivity index (χ2n) is 6.06. The van der Waals surface area contributed by atoms with Crippen molar-refractivity contribution in [1.82, 2.24) is 10.2 Å². The lowest BCUT2D eigenvalue weighted by Gasteiger charge is -2.24.